The SMILES string of the molecule is [C-]#[N+]c1n[c-]n(-c2cc(N(C)C)cc(C(C)(C)c3cc(N(C)C)cc(-n4[c-]nc(C#N)c4C#N)n3)n2)c1[N+]#[C-].[Pt+2]. The van der Waals surface area contributed by atoms with Crippen molar-refractivity contribution in [2.45, 2.75) is 19.3 Å². The second-order valence-corrected chi connectivity index (χ2v) is 9.44. The third kappa shape index (κ3) is 5.14. The second kappa shape index (κ2) is 11.4. The molecular weight excluding hydrogens is 687 g/mol. The minimum Gasteiger partial charge on any atom is -0.402 e. The van der Waals surface area contributed by atoms with Crippen LogP contribution >= 0.6 is 0 Å². The number of hydrogen-bond acceptors (Lipinski definition) is 8. The smallest absolute Gasteiger partial charge is 0.402 e. The summed E-state index contributed by atoms with van der Waals surface area (Å²) in [5.74, 6) is 0.739. The van der Waals surface area contributed by atoms with Crippen LogP contribution in [0.25, 0.3) is 21.3 Å². The third-order valence-electron chi connectivity index (χ3n) is 6.17. The van der Waals surface area contributed by atoms with E-state index in [1.54, 1.807) is 12.1 Å². The van der Waals surface area contributed by atoms with E-state index in [9.17, 15) is 10.5 Å². The summed E-state index contributed by atoms with van der Waals surface area (Å²) in [5.41, 5.74) is 2.09. The van der Waals surface area contributed by atoms with Crippen molar-refractivity contribution in [2.24, 2.45) is 0 Å². The van der Waals surface area contributed by atoms with Crippen LogP contribution in [0.15, 0.2) is 24.3 Å². The van der Waals surface area contributed by atoms with Crippen LogP contribution in [-0.4, -0.2) is 57.3 Å². The zero-order valence-electron chi connectivity index (χ0n) is 22.5. The summed E-state index contributed by atoms with van der Waals surface area (Å²) in [6.45, 7) is 18.8. The van der Waals surface area contributed by atoms with Gasteiger partial charge in [0.1, 0.15) is 5.82 Å². The van der Waals surface area contributed by atoms with Gasteiger partial charge in [-0.05, 0) is 38.1 Å². The molecule has 0 aliphatic rings. The molecule has 4 aromatic heterocycles. The van der Waals surface area contributed by atoms with E-state index in [0.717, 1.165) is 11.4 Å². The summed E-state index contributed by atoms with van der Waals surface area (Å²) in [5, 5.41) is 19.0. The van der Waals surface area contributed by atoms with Crippen LogP contribution in [0.5, 0.6) is 0 Å². The molecule has 4 rings (SSSR count). The van der Waals surface area contributed by atoms with Crippen LogP contribution in [0.4, 0.5) is 23.0 Å². The predicted molar refractivity (Wildman–Crippen MR) is 143 cm³/mol. The largest absolute Gasteiger partial charge is 2.00 e. The molecule has 0 aliphatic carbocycles. The Morgan fingerprint density at radius 1 is 0.825 bits per heavy atom. The number of imidazole rings is 2. The van der Waals surface area contributed by atoms with E-state index >= 15 is 0 Å². The molecule has 0 aliphatic heterocycles. The zero-order chi connectivity index (χ0) is 28.5. The van der Waals surface area contributed by atoms with Gasteiger partial charge in [-0.3, -0.25) is 14.5 Å². The molecule has 4 heterocycles. The maximum absolute atomic E-state index is 9.67. The van der Waals surface area contributed by atoms with E-state index in [2.05, 4.69) is 32.3 Å². The normalized spacial score (nSPS) is 10.4. The molecule has 0 fully saturated rings. The quantitative estimate of drug-likeness (QED) is 0.278. The van der Waals surface area contributed by atoms with Crippen molar-refractivity contribution in [3.63, 3.8) is 0 Å². The Hall–Kier alpha value is -5.03. The van der Waals surface area contributed by atoms with Crippen molar-refractivity contribution in [3.05, 3.63) is 82.5 Å². The minimum atomic E-state index is -0.783. The van der Waals surface area contributed by atoms with Gasteiger partial charge in [0.15, 0.2) is 0 Å². The van der Waals surface area contributed by atoms with E-state index < -0.39 is 5.41 Å². The predicted octanol–water partition coefficient (Wildman–Crippen LogP) is 3.75. The molecule has 0 radical (unpaired) electrons. The van der Waals surface area contributed by atoms with Crippen LogP contribution in [0.3, 0.4) is 0 Å². The van der Waals surface area contributed by atoms with Crippen LogP contribution in [0.1, 0.15) is 36.6 Å². The van der Waals surface area contributed by atoms with Gasteiger partial charge in [0, 0.05) is 68.4 Å². The van der Waals surface area contributed by atoms with Crippen LogP contribution in [0, 0.1) is 48.5 Å². The molecule has 0 spiro atoms. The molecule has 13 heteroatoms. The molecule has 0 amide bonds. The van der Waals surface area contributed by atoms with Gasteiger partial charge in [0.25, 0.3) is 12.1 Å². The molecule has 12 nitrogen and oxygen atoms in total. The molecule has 200 valence electrons. The maximum atomic E-state index is 9.67. The monoisotopic (exact) mass is 709 g/mol. The van der Waals surface area contributed by atoms with Gasteiger partial charge in [-0.15, -0.1) is 0 Å². The molecule has 0 saturated carbocycles. The number of pyridine rings is 2. The zero-order valence-corrected chi connectivity index (χ0v) is 24.8. The van der Waals surface area contributed by atoms with Crippen molar-refractivity contribution in [1.29, 1.82) is 10.5 Å². The average Bonchev–Trinajstić information content (AvgIpc) is 3.55. The minimum absolute atomic E-state index is 0. The van der Waals surface area contributed by atoms with Crippen molar-refractivity contribution < 1.29 is 21.1 Å². The maximum Gasteiger partial charge on any atom is 2.00 e. The number of nitrogens with zero attached hydrogens (tertiary/aromatic N) is 12. The Labute approximate surface area is 246 Å². The van der Waals surface area contributed by atoms with Crippen LogP contribution in [0.2, 0.25) is 0 Å². The van der Waals surface area contributed by atoms with E-state index in [4.69, 9.17) is 23.1 Å². The summed E-state index contributed by atoms with van der Waals surface area (Å²) in [6, 6.07) is 11.3. The molecular formula is C27H22N12Pt. The van der Waals surface area contributed by atoms with Crippen molar-refractivity contribution >= 4 is 23.0 Å². The first-order valence-corrected chi connectivity index (χ1v) is 11.5. The first kappa shape index (κ1) is 29.5. The molecule has 0 aromatic carbocycles. The Morgan fingerprint density at radius 2 is 1.35 bits per heavy atom. The second-order valence-electron chi connectivity index (χ2n) is 9.44. The van der Waals surface area contributed by atoms with E-state index in [0.29, 0.717) is 23.0 Å². The van der Waals surface area contributed by atoms with Gasteiger partial charge in [0.05, 0.1) is 23.7 Å². The van der Waals surface area contributed by atoms with Crippen molar-refractivity contribution in [2.75, 3.05) is 38.0 Å². The average molecular weight is 710 g/mol. The van der Waals surface area contributed by atoms with Crippen LogP contribution < -0.4 is 9.80 Å². The molecule has 0 atom stereocenters. The summed E-state index contributed by atoms with van der Waals surface area (Å²) in [4.78, 5) is 28.2. The van der Waals surface area contributed by atoms with Crippen molar-refractivity contribution in [3.8, 4) is 23.8 Å². The number of aromatic nitrogens is 6. The summed E-state index contributed by atoms with van der Waals surface area (Å²) in [7, 11) is 7.56. The molecule has 0 N–H and O–H groups in total. The number of anilines is 2. The van der Waals surface area contributed by atoms with E-state index in [-0.39, 0.29) is 44.1 Å². The standard InChI is InChI=1S/C27H22N12.Pt/c1-27(2,21-9-17(36(5)6)11-23(34-21)38-15-32-19(13-28)20(38)14-29)22-10-18(37(7)8)12-24(35-22)39-16-33-25(30-3)26(39)31-4;/h9-12H,1-2,5-8H3;/q-2;+2. The molecule has 4 aromatic rings. The van der Waals surface area contributed by atoms with Gasteiger partial charge in [-0.25, -0.2) is 10.5 Å². The topological polar surface area (TPSA) is 124 Å². The first-order valence-electron chi connectivity index (χ1n) is 11.5. The Bertz CT molecular complexity index is 1620. The summed E-state index contributed by atoms with van der Waals surface area (Å²) < 4.78 is 2.75. The van der Waals surface area contributed by atoms with Gasteiger partial charge < -0.3 is 29.0 Å². The van der Waals surface area contributed by atoms with Crippen molar-refractivity contribution in [1.82, 2.24) is 29.1 Å². The Morgan fingerprint density at radius 3 is 1.80 bits per heavy atom. The number of rotatable bonds is 6. The Balaban J connectivity index is 0.00000441. The summed E-state index contributed by atoms with van der Waals surface area (Å²) in [6.07, 6.45) is 5.42. The fourth-order valence-electron chi connectivity index (χ4n) is 3.81. The fraction of sp³-hybridized carbons (Fsp3) is 0.259. The summed E-state index contributed by atoms with van der Waals surface area (Å²) >= 11 is 0. The van der Waals surface area contributed by atoms with Gasteiger partial charge >= 0.3 is 26.9 Å². The number of nitriles is 2. The van der Waals surface area contributed by atoms with E-state index in [1.165, 1.54) is 9.13 Å². The molecule has 40 heavy (non-hydrogen) atoms. The molecule has 0 saturated heterocycles. The van der Waals surface area contributed by atoms with E-state index in [1.807, 2.05) is 76.1 Å². The van der Waals surface area contributed by atoms with Crippen LogP contribution in [-0.2, 0) is 26.5 Å². The number of hydrogen-bond donors (Lipinski definition) is 0. The van der Waals surface area contributed by atoms with Gasteiger partial charge in [-0.2, -0.15) is 0 Å². The molecule has 0 unspecified atom stereocenters. The van der Waals surface area contributed by atoms with Gasteiger partial charge in [0.2, 0.25) is 0 Å². The Kier molecular flexibility index (Phi) is 8.40. The van der Waals surface area contributed by atoms with Gasteiger partial charge in [-0.1, -0.05) is 18.1 Å². The fourth-order valence-corrected chi connectivity index (χ4v) is 3.81. The first-order chi connectivity index (χ1) is 18.5. The molecule has 0 bridgehead atoms. The third-order valence-corrected chi connectivity index (χ3v) is 6.17.